The number of hydrogen-bond donors (Lipinski definition) is 2. The molecule has 0 amide bonds. The summed E-state index contributed by atoms with van der Waals surface area (Å²) in [5, 5.41) is 10.2. The zero-order chi connectivity index (χ0) is 14.3. The lowest BCUT2D eigenvalue weighted by Gasteiger charge is -2.24. The van der Waals surface area contributed by atoms with Gasteiger partial charge < -0.3 is 10.6 Å². The minimum Gasteiger partial charge on any atom is -0.362 e. The zero-order valence-electron chi connectivity index (χ0n) is 10.5. The molecule has 1 aromatic carbocycles. The monoisotopic (exact) mass is 340 g/mol. The molecule has 1 atom stereocenters. The fourth-order valence-electron chi connectivity index (χ4n) is 2.07. The van der Waals surface area contributed by atoms with E-state index in [0.717, 1.165) is 11.8 Å². The van der Waals surface area contributed by atoms with Crippen molar-refractivity contribution >= 4 is 27.8 Å². The van der Waals surface area contributed by atoms with Crippen LogP contribution in [0.2, 0.25) is 0 Å². The summed E-state index contributed by atoms with van der Waals surface area (Å²) in [6.07, 6.45) is 3.41. The van der Waals surface area contributed by atoms with Crippen LogP contribution in [0.1, 0.15) is 18.7 Å². The summed E-state index contributed by atoms with van der Waals surface area (Å²) in [6, 6.07) is 4.13. The minimum atomic E-state index is -0.660. The summed E-state index contributed by atoms with van der Waals surface area (Å²) < 4.78 is 28.8. The first kappa shape index (κ1) is 13.1. The lowest BCUT2D eigenvalue weighted by Crippen LogP contribution is -2.29. The summed E-state index contributed by atoms with van der Waals surface area (Å²) in [6.45, 7) is 1.97. The summed E-state index contributed by atoms with van der Waals surface area (Å²) in [5.41, 5.74) is 1.19. The number of benzene rings is 1. The highest BCUT2D eigenvalue weighted by molar-refractivity contribution is 9.10. The van der Waals surface area contributed by atoms with Gasteiger partial charge in [0.1, 0.15) is 17.5 Å². The molecule has 20 heavy (non-hydrogen) atoms. The number of fused-ring (bicyclic) bond motifs is 1. The summed E-state index contributed by atoms with van der Waals surface area (Å²) >= 11 is 3.04. The predicted octanol–water partition coefficient (Wildman–Crippen LogP) is 3.46. The molecule has 0 fully saturated rings. The first-order valence-electron chi connectivity index (χ1n) is 5.98. The maximum Gasteiger partial charge on any atom is 0.149 e. The topological polar surface area (TPSA) is 41.9 Å². The van der Waals surface area contributed by atoms with Gasteiger partial charge in [0, 0.05) is 12.3 Å². The van der Waals surface area contributed by atoms with E-state index in [1.807, 2.05) is 13.0 Å². The molecule has 7 heteroatoms. The molecule has 0 aliphatic carbocycles. The number of aromatic nitrogens is 2. The van der Waals surface area contributed by atoms with Gasteiger partial charge in [-0.1, -0.05) is 0 Å². The van der Waals surface area contributed by atoms with Crippen LogP contribution in [-0.4, -0.2) is 9.78 Å². The van der Waals surface area contributed by atoms with Crippen LogP contribution in [-0.2, 0) is 0 Å². The molecule has 0 saturated carbocycles. The van der Waals surface area contributed by atoms with E-state index in [9.17, 15) is 8.78 Å². The highest BCUT2D eigenvalue weighted by Gasteiger charge is 2.18. The molecular weight excluding hydrogens is 330 g/mol. The number of anilines is 1. The lowest BCUT2D eigenvalue weighted by atomic mass is 10.2. The SMILES string of the molecule is CC1NC(Nc2cc(Br)c(F)cc2F)=Cn2nccc21. The van der Waals surface area contributed by atoms with E-state index in [4.69, 9.17) is 0 Å². The van der Waals surface area contributed by atoms with E-state index in [-0.39, 0.29) is 16.2 Å². The number of rotatable bonds is 2. The Bertz CT molecular complexity index is 696. The lowest BCUT2D eigenvalue weighted by molar-refractivity contribution is 0.575. The van der Waals surface area contributed by atoms with Crippen molar-refractivity contribution < 1.29 is 8.78 Å². The zero-order valence-corrected chi connectivity index (χ0v) is 12.1. The Kier molecular flexibility index (Phi) is 3.21. The van der Waals surface area contributed by atoms with Crippen molar-refractivity contribution in [1.29, 1.82) is 0 Å². The van der Waals surface area contributed by atoms with Gasteiger partial charge in [0.25, 0.3) is 0 Å². The Morgan fingerprint density at radius 2 is 2.15 bits per heavy atom. The average molecular weight is 341 g/mol. The quantitative estimate of drug-likeness (QED) is 0.822. The third-order valence-electron chi connectivity index (χ3n) is 3.05. The van der Waals surface area contributed by atoms with Crippen LogP contribution in [0.5, 0.6) is 0 Å². The van der Waals surface area contributed by atoms with Gasteiger partial charge in [0.15, 0.2) is 0 Å². The molecule has 104 valence electrons. The average Bonchev–Trinajstić information content (AvgIpc) is 2.85. The molecule has 1 aliphatic rings. The van der Waals surface area contributed by atoms with Crippen molar-refractivity contribution in [2.24, 2.45) is 0 Å². The predicted molar refractivity (Wildman–Crippen MR) is 75.7 cm³/mol. The standard InChI is InChI=1S/C13H11BrF2N4/c1-7-12-2-3-17-20(12)6-13(18-7)19-11-4-8(14)9(15)5-10(11)16/h2-7,18-19H,1H3. The summed E-state index contributed by atoms with van der Waals surface area (Å²) in [7, 11) is 0. The summed E-state index contributed by atoms with van der Waals surface area (Å²) in [5.74, 6) is -0.709. The third kappa shape index (κ3) is 2.29. The fraction of sp³-hybridized carbons (Fsp3) is 0.154. The van der Waals surface area contributed by atoms with Crippen LogP contribution >= 0.6 is 15.9 Å². The molecule has 0 bridgehead atoms. The Labute approximate surface area is 122 Å². The molecule has 2 aromatic rings. The smallest absolute Gasteiger partial charge is 0.149 e. The van der Waals surface area contributed by atoms with E-state index in [1.54, 1.807) is 17.1 Å². The molecule has 3 rings (SSSR count). The van der Waals surface area contributed by atoms with Gasteiger partial charge in [0.05, 0.1) is 28.1 Å². The van der Waals surface area contributed by atoms with Crippen LogP contribution in [0.25, 0.3) is 6.20 Å². The Morgan fingerprint density at radius 1 is 1.35 bits per heavy atom. The van der Waals surface area contributed by atoms with Crippen LogP contribution in [0.4, 0.5) is 14.5 Å². The maximum absolute atomic E-state index is 13.7. The molecular formula is C13H11BrF2N4. The molecule has 0 saturated heterocycles. The van der Waals surface area contributed by atoms with Crippen molar-refractivity contribution in [3.8, 4) is 0 Å². The molecule has 4 nitrogen and oxygen atoms in total. The number of nitrogens with zero attached hydrogens (tertiary/aromatic N) is 2. The minimum absolute atomic E-state index is 0.0388. The highest BCUT2D eigenvalue weighted by atomic mass is 79.9. The van der Waals surface area contributed by atoms with Gasteiger partial charge >= 0.3 is 0 Å². The normalized spacial score (nSPS) is 17.2. The number of hydrogen-bond acceptors (Lipinski definition) is 3. The van der Waals surface area contributed by atoms with E-state index < -0.39 is 11.6 Å². The van der Waals surface area contributed by atoms with E-state index >= 15 is 0 Å². The number of halogens is 3. The Hall–Kier alpha value is -1.89. The van der Waals surface area contributed by atoms with Gasteiger partial charge in [-0.15, -0.1) is 0 Å². The van der Waals surface area contributed by atoms with Gasteiger partial charge in [-0.3, -0.25) is 0 Å². The van der Waals surface area contributed by atoms with Gasteiger partial charge in [0.2, 0.25) is 0 Å². The van der Waals surface area contributed by atoms with E-state index in [1.165, 1.54) is 6.07 Å². The van der Waals surface area contributed by atoms with Gasteiger partial charge in [-0.05, 0) is 35.0 Å². The van der Waals surface area contributed by atoms with Crippen molar-refractivity contribution in [1.82, 2.24) is 15.1 Å². The molecule has 0 spiro atoms. The van der Waals surface area contributed by atoms with Gasteiger partial charge in [-0.2, -0.15) is 5.10 Å². The molecule has 1 unspecified atom stereocenters. The van der Waals surface area contributed by atoms with Crippen molar-refractivity contribution in [3.63, 3.8) is 0 Å². The van der Waals surface area contributed by atoms with E-state index in [0.29, 0.717) is 5.82 Å². The summed E-state index contributed by atoms with van der Waals surface area (Å²) in [4.78, 5) is 0. The molecule has 1 aliphatic heterocycles. The third-order valence-corrected chi connectivity index (χ3v) is 3.65. The van der Waals surface area contributed by atoms with E-state index in [2.05, 4.69) is 31.7 Å². The maximum atomic E-state index is 13.7. The molecule has 1 aromatic heterocycles. The second-order valence-electron chi connectivity index (χ2n) is 4.48. The van der Waals surface area contributed by atoms with Gasteiger partial charge in [-0.25, -0.2) is 13.5 Å². The van der Waals surface area contributed by atoms with Crippen LogP contribution in [0.3, 0.4) is 0 Å². The van der Waals surface area contributed by atoms with Crippen LogP contribution in [0.15, 0.2) is 34.7 Å². The largest absolute Gasteiger partial charge is 0.362 e. The van der Waals surface area contributed by atoms with Crippen molar-refractivity contribution in [2.75, 3.05) is 5.32 Å². The Balaban J connectivity index is 1.92. The second-order valence-corrected chi connectivity index (χ2v) is 5.33. The molecule has 2 N–H and O–H groups in total. The first-order valence-corrected chi connectivity index (χ1v) is 6.77. The van der Waals surface area contributed by atoms with Crippen LogP contribution < -0.4 is 10.6 Å². The van der Waals surface area contributed by atoms with Crippen molar-refractivity contribution in [3.05, 3.63) is 52.0 Å². The van der Waals surface area contributed by atoms with Crippen LogP contribution in [0, 0.1) is 11.6 Å². The highest BCUT2D eigenvalue weighted by Crippen LogP contribution is 2.26. The van der Waals surface area contributed by atoms with Crippen molar-refractivity contribution in [2.45, 2.75) is 13.0 Å². The fourth-order valence-corrected chi connectivity index (χ4v) is 2.42. The second kappa shape index (κ2) is 4.90. The Morgan fingerprint density at radius 3 is 2.95 bits per heavy atom. The molecule has 0 radical (unpaired) electrons. The first-order chi connectivity index (χ1) is 9.54. The number of nitrogens with one attached hydrogen (secondary N) is 2. The molecule has 2 heterocycles.